The molecule has 2 heterocycles. The van der Waals surface area contributed by atoms with Gasteiger partial charge in [-0.2, -0.15) is 0 Å². The molecule has 0 amide bonds. The minimum absolute atomic E-state index is 0.246. The molecule has 0 aliphatic rings. The lowest BCUT2D eigenvalue weighted by molar-refractivity contribution is 0.874. The third kappa shape index (κ3) is 3.09. The monoisotopic (exact) mass is 291 g/mol. The van der Waals surface area contributed by atoms with E-state index >= 15 is 0 Å². The number of rotatable bonds is 4. The standard InChI is InChI=1S/C17H17N5/c1-12(2)19-17-15(13-8-4-3-5-9-13)21-22-16(20-17)14-10-6-7-11-18-14/h3-12H,1-2H3,(H,19,20,22). The molecular formula is C17H17N5. The van der Waals surface area contributed by atoms with Crippen molar-refractivity contribution < 1.29 is 0 Å². The summed E-state index contributed by atoms with van der Waals surface area (Å²) in [5.41, 5.74) is 2.44. The van der Waals surface area contributed by atoms with Gasteiger partial charge in [-0.1, -0.05) is 36.4 Å². The molecule has 0 atom stereocenters. The van der Waals surface area contributed by atoms with Crippen LogP contribution in [0, 0.1) is 0 Å². The SMILES string of the molecule is CC(C)Nc1nc(-c2ccccn2)nnc1-c1ccccc1. The number of hydrogen-bond donors (Lipinski definition) is 1. The van der Waals surface area contributed by atoms with Crippen LogP contribution in [0.25, 0.3) is 22.8 Å². The molecule has 0 aliphatic carbocycles. The number of pyridine rings is 1. The quantitative estimate of drug-likeness (QED) is 0.798. The van der Waals surface area contributed by atoms with Crippen molar-refractivity contribution in [2.45, 2.75) is 19.9 Å². The molecule has 1 aromatic carbocycles. The summed E-state index contributed by atoms with van der Waals surface area (Å²) in [6.45, 7) is 4.13. The van der Waals surface area contributed by atoms with E-state index in [0.717, 1.165) is 17.1 Å². The molecule has 110 valence electrons. The second-order valence-electron chi connectivity index (χ2n) is 5.21. The van der Waals surface area contributed by atoms with Gasteiger partial charge in [0.05, 0.1) is 0 Å². The molecule has 0 saturated heterocycles. The highest BCUT2D eigenvalue weighted by molar-refractivity contribution is 5.72. The highest BCUT2D eigenvalue weighted by Crippen LogP contribution is 2.25. The number of nitrogens with one attached hydrogen (secondary N) is 1. The number of benzene rings is 1. The van der Waals surface area contributed by atoms with E-state index in [2.05, 4.69) is 39.3 Å². The van der Waals surface area contributed by atoms with Crippen molar-refractivity contribution in [3.63, 3.8) is 0 Å². The van der Waals surface area contributed by atoms with Crippen LogP contribution in [0.1, 0.15) is 13.8 Å². The Balaban J connectivity index is 2.08. The van der Waals surface area contributed by atoms with Crippen LogP contribution < -0.4 is 5.32 Å². The zero-order chi connectivity index (χ0) is 15.4. The van der Waals surface area contributed by atoms with Gasteiger partial charge in [-0.3, -0.25) is 4.98 Å². The number of anilines is 1. The van der Waals surface area contributed by atoms with Gasteiger partial charge in [0, 0.05) is 17.8 Å². The van der Waals surface area contributed by atoms with Gasteiger partial charge >= 0.3 is 0 Å². The van der Waals surface area contributed by atoms with E-state index in [1.807, 2.05) is 48.5 Å². The molecular weight excluding hydrogens is 274 g/mol. The summed E-state index contributed by atoms with van der Waals surface area (Å²) in [6, 6.07) is 15.8. The van der Waals surface area contributed by atoms with Crippen molar-refractivity contribution in [3.05, 3.63) is 54.7 Å². The van der Waals surface area contributed by atoms with E-state index in [9.17, 15) is 0 Å². The number of aromatic nitrogens is 4. The van der Waals surface area contributed by atoms with Gasteiger partial charge in [0.25, 0.3) is 0 Å². The molecule has 1 N–H and O–H groups in total. The fraction of sp³-hybridized carbons (Fsp3) is 0.176. The number of nitrogens with zero attached hydrogens (tertiary/aromatic N) is 4. The maximum Gasteiger partial charge on any atom is 0.202 e. The third-order valence-electron chi connectivity index (χ3n) is 3.05. The van der Waals surface area contributed by atoms with E-state index in [-0.39, 0.29) is 6.04 Å². The van der Waals surface area contributed by atoms with Crippen molar-refractivity contribution >= 4 is 5.82 Å². The Morgan fingerprint density at radius 2 is 1.68 bits per heavy atom. The molecule has 0 radical (unpaired) electrons. The highest BCUT2D eigenvalue weighted by atomic mass is 15.2. The van der Waals surface area contributed by atoms with Crippen LogP contribution in [-0.4, -0.2) is 26.2 Å². The maximum absolute atomic E-state index is 4.61. The van der Waals surface area contributed by atoms with E-state index in [1.165, 1.54) is 0 Å². The van der Waals surface area contributed by atoms with Crippen LogP contribution in [-0.2, 0) is 0 Å². The Morgan fingerprint density at radius 3 is 2.36 bits per heavy atom. The van der Waals surface area contributed by atoms with Crippen LogP contribution in [0.15, 0.2) is 54.7 Å². The topological polar surface area (TPSA) is 63.6 Å². The first-order valence-electron chi connectivity index (χ1n) is 7.22. The molecule has 22 heavy (non-hydrogen) atoms. The largest absolute Gasteiger partial charge is 0.366 e. The molecule has 0 unspecified atom stereocenters. The van der Waals surface area contributed by atoms with E-state index in [4.69, 9.17) is 0 Å². The van der Waals surface area contributed by atoms with Crippen LogP contribution in [0.3, 0.4) is 0 Å². The van der Waals surface area contributed by atoms with Crippen LogP contribution in [0.5, 0.6) is 0 Å². The average Bonchev–Trinajstić information content (AvgIpc) is 2.56. The van der Waals surface area contributed by atoms with Crippen molar-refractivity contribution in [3.8, 4) is 22.8 Å². The predicted octanol–water partition coefficient (Wildman–Crippen LogP) is 3.42. The minimum atomic E-state index is 0.246. The van der Waals surface area contributed by atoms with Crippen LogP contribution in [0.2, 0.25) is 0 Å². The fourth-order valence-electron chi connectivity index (χ4n) is 2.09. The lowest BCUT2D eigenvalue weighted by Crippen LogP contribution is -2.14. The Kier molecular flexibility index (Phi) is 4.05. The summed E-state index contributed by atoms with van der Waals surface area (Å²) < 4.78 is 0. The summed E-state index contributed by atoms with van der Waals surface area (Å²) in [5.74, 6) is 1.24. The molecule has 0 fully saturated rings. The van der Waals surface area contributed by atoms with Gasteiger partial charge in [0.15, 0.2) is 5.82 Å². The second-order valence-corrected chi connectivity index (χ2v) is 5.21. The van der Waals surface area contributed by atoms with Crippen molar-refractivity contribution in [1.82, 2.24) is 20.2 Å². The smallest absolute Gasteiger partial charge is 0.202 e. The molecule has 0 saturated carbocycles. The average molecular weight is 291 g/mol. The summed E-state index contributed by atoms with van der Waals surface area (Å²) >= 11 is 0. The maximum atomic E-state index is 4.61. The van der Waals surface area contributed by atoms with Crippen molar-refractivity contribution in [2.24, 2.45) is 0 Å². The summed E-state index contributed by atoms with van der Waals surface area (Å²) in [4.78, 5) is 8.89. The predicted molar refractivity (Wildman–Crippen MR) is 87.3 cm³/mol. The van der Waals surface area contributed by atoms with Gasteiger partial charge in [0.1, 0.15) is 11.4 Å². The Bertz CT molecular complexity index is 742. The third-order valence-corrected chi connectivity index (χ3v) is 3.05. The Labute approximate surface area is 129 Å². The first-order chi connectivity index (χ1) is 10.7. The molecule has 0 bridgehead atoms. The zero-order valence-corrected chi connectivity index (χ0v) is 12.6. The minimum Gasteiger partial charge on any atom is -0.366 e. The summed E-state index contributed by atoms with van der Waals surface area (Å²) in [6.07, 6.45) is 1.72. The normalized spacial score (nSPS) is 10.7. The molecule has 2 aromatic heterocycles. The van der Waals surface area contributed by atoms with E-state index in [1.54, 1.807) is 6.20 Å². The van der Waals surface area contributed by atoms with Gasteiger partial charge in [0.2, 0.25) is 5.82 Å². The molecule has 3 aromatic rings. The Morgan fingerprint density at radius 1 is 0.909 bits per heavy atom. The second kappa shape index (κ2) is 6.30. The van der Waals surface area contributed by atoms with Crippen molar-refractivity contribution in [2.75, 3.05) is 5.32 Å². The van der Waals surface area contributed by atoms with E-state index < -0.39 is 0 Å². The lowest BCUT2D eigenvalue weighted by Gasteiger charge is -2.13. The van der Waals surface area contributed by atoms with Gasteiger partial charge in [-0.05, 0) is 26.0 Å². The van der Waals surface area contributed by atoms with Gasteiger partial charge in [-0.25, -0.2) is 4.98 Å². The highest BCUT2D eigenvalue weighted by Gasteiger charge is 2.13. The number of hydrogen-bond acceptors (Lipinski definition) is 5. The first-order valence-corrected chi connectivity index (χ1v) is 7.22. The fourth-order valence-corrected chi connectivity index (χ4v) is 2.09. The van der Waals surface area contributed by atoms with Crippen LogP contribution >= 0.6 is 0 Å². The van der Waals surface area contributed by atoms with Crippen LogP contribution in [0.4, 0.5) is 5.82 Å². The summed E-state index contributed by atoms with van der Waals surface area (Å²) in [7, 11) is 0. The summed E-state index contributed by atoms with van der Waals surface area (Å²) in [5, 5.41) is 11.9. The first kappa shape index (κ1) is 14.1. The molecule has 3 rings (SSSR count). The molecule has 0 aliphatic heterocycles. The molecule has 5 nitrogen and oxygen atoms in total. The van der Waals surface area contributed by atoms with Gasteiger partial charge < -0.3 is 5.32 Å². The van der Waals surface area contributed by atoms with E-state index in [0.29, 0.717) is 11.5 Å². The molecule has 0 spiro atoms. The zero-order valence-electron chi connectivity index (χ0n) is 12.6. The molecule has 5 heteroatoms. The Hall–Kier alpha value is -2.82. The van der Waals surface area contributed by atoms with Crippen molar-refractivity contribution in [1.29, 1.82) is 0 Å². The lowest BCUT2D eigenvalue weighted by atomic mass is 10.1. The van der Waals surface area contributed by atoms with Gasteiger partial charge in [-0.15, -0.1) is 10.2 Å².